The molecule has 2 heterocycles. The minimum atomic E-state index is -4.57. The van der Waals surface area contributed by atoms with Crippen molar-refractivity contribution in [3.63, 3.8) is 0 Å². The van der Waals surface area contributed by atoms with Crippen molar-refractivity contribution in [1.82, 2.24) is 19.9 Å². The van der Waals surface area contributed by atoms with Crippen molar-refractivity contribution < 1.29 is 18.3 Å². The zero-order valence-corrected chi connectivity index (χ0v) is 16.5. The molecule has 30 heavy (non-hydrogen) atoms. The summed E-state index contributed by atoms with van der Waals surface area (Å²) in [6.45, 7) is 1.91. The Morgan fingerprint density at radius 3 is 2.47 bits per heavy atom. The van der Waals surface area contributed by atoms with Gasteiger partial charge in [0.05, 0.1) is 12.1 Å². The normalized spacial score (nSPS) is 21.3. The first-order chi connectivity index (χ1) is 14.3. The van der Waals surface area contributed by atoms with Crippen molar-refractivity contribution >= 4 is 11.9 Å². The summed E-state index contributed by atoms with van der Waals surface area (Å²) in [5, 5.41) is 16.5. The number of aliphatic hydroxyl groups excluding tert-OH is 1. The van der Waals surface area contributed by atoms with E-state index < -0.39 is 18.0 Å². The highest BCUT2D eigenvalue weighted by Crippen LogP contribution is 2.32. The van der Waals surface area contributed by atoms with Gasteiger partial charge >= 0.3 is 6.18 Å². The van der Waals surface area contributed by atoms with Gasteiger partial charge in [-0.1, -0.05) is 24.5 Å². The number of alkyl halides is 3. The fourth-order valence-corrected chi connectivity index (χ4v) is 3.47. The second kappa shape index (κ2) is 8.17. The molecule has 2 aliphatic carbocycles. The van der Waals surface area contributed by atoms with Crippen molar-refractivity contribution in [2.45, 2.75) is 63.8 Å². The van der Waals surface area contributed by atoms with Crippen molar-refractivity contribution in [3.8, 4) is 11.5 Å². The first-order valence-electron chi connectivity index (χ1n) is 10.0. The van der Waals surface area contributed by atoms with E-state index in [1.54, 1.807) is 0 Å². The van der Waals surface area contributed by atoms with Gasteiger partial charge in [-0.3, -0.25) is 0 Å². The molecule has 0 bridgehead atoms. The van der Waals surface area contributed by atoms with Crippen molar-refractivity contribution in [2.24, 2.45) is 0 Å². The van der Waals surface area contributed by atoms with Crippen LogP contribution in [-0.4, -0.2) is 37.2 Å². The molecule has 3 N–H and O–H groups in total. The first kappa shape index (κ1) is 20.5. The van der Waals surface area contributed by atoms with Gasteiger partial charge in [0.2, 0.25) is 11.9 Å². The molecule has 0 spiro atoms. The van der Waals surface area contributed by atoms with Crippen LogP contribution in [0.4, 0.5) is 25.1 Å². The minimum Gasteiger partial charge on any atom is -0.391 e. The molecule has 0 unspecified atom stereocenters. The van der Waals surface area contributed by atoms with Crippen LogP contribution in [0, 0.1) is 0 Å². The molecule has 0 amide bonds. The van der Waals surface area contributed by atoms with E-state index in [1.807, 2.05) is 6.92 Å². The van der Waals surface area contributed by atoms with E-state index in [2.05, 4.69) is 30.6 Å². The molecule has 0 radical (unpaired) electrons. The van der Waals surface area contributed by atoms with Gasteiger partial charge in [-0.05, 0) is 44.7 Å². The molecule has 2 aliphatic rings. The van der Waals surface area contributed by atoms with Crippen LogP contribution in [0.2, 0.25) is 0 Å². The third-order valence-electron chi connectivity index (χ3n) is 5.28. The van der Waals surface area contributed by atoms with Gasteiger partial charge in [-0.15, -0.1) is 0 Å². The maximum atomic E-state index is 13.1. The molecule has 0 saturated heterocycles. The van der Waals surface area contributed by atoms with Crippen LogP contribution in [0.5, 0.6) is 0 Å². The fourth-order valence-electron chi connectivity index (χ4n) is 3.47. The Balaban J connectivity index is 1.69. The standard InChI is InChI=1S/C20H23F3N6O/c1-11(12-9-10-12)24-18-27-17(14-6-4-8-16(25-14)20(21,22)23)28-19(29-18)26-13-5-2-3-7-15(13)30/h4,6,8,13,15,30H,2-3,5,7,9-10H2,1H3,(H2,24,26,27,28,29)/t13-,15-/m0/s1. The third kappa shape index (κ3) is 4.86. The number of rotatable bonds is 5. The Hall–Kier alpha value is -2.75. The molecule has 2 atom stereocenters. The molecule has 0 aromatic carbocycles. The van der Waals surface area contributed by atoms with Crippen LogP contribution >= 0.6 is 0 Å². The number of allylic oxidation sites excluding steroid dienone is 2. The van der Waals surface area contributed by atoms with Gasteiger partial charge in [0.1, 0.15) is 11.4 Å². The van der Waals surface area contributed by atoms with E-state index in [0.29, 0.717) is 6.42 Å². The monoisotopic (exact) mass is 420 g/mol. The van der Waals surface area contributed by atoms with Crippen molar-refractivity contribution in [1.29, 1.82) is 0 Å². The second-order valence-corrected chi connectivity index (χ2v) is 7.67. The molecule has 160 valence electrons. The van der Waals surface area contributed by atoms with Gasteiger partial charge in [-0.2, -0.15) is 28.1 Å². The average molecular weight is 420 g/mol. The predicted octanol–water partition coefficient (Wildman–Crippen LogP) is 4.15. The number of anilines is 2. The largest absolute Gasteiger partial charge is 0.433 e. The number of hydrogen-bond donors (Lipinski definition) is 3. The lowest BCUT2D eigenvalue weighted by Gasteiger charge is -2.28. The van der Waals surface area contributed by atoms with Crippen LogP contribution in [0.3, 0.4) is 0 Å². The topological polar surface area (TPSA) is 95.9 Å². The first-order valence-corrected chi connectivity index (χ1v) is 10.0. The highest BCUT2D eigenvalue weighted by atomic mass is 19.4. The number of aliphatic hydroxyl groups is 1. The molecule has 2 aromatic heterocycles. The molecule has 2 fully saturated rings. The number of nitrogens with one attached hydrogen (secondary N) is 2. The van der Waals surface area contributed by atoms with E-state index in [0.717, 1.165) is 43.9 Å². The van der Waals surface area contributed by atoms with E-state index in [4.69, 9.17) is 0 Å². The summed E-state index contributed by atoms with van der Waals surface area (Å²) < 4.78 is 39.3. The maximum Gasteiger partial charge on any atom is 0.433 e. The Kier molecular flexibility index (Phi) is 5.59. The van der Waals surface area contributed by atoms with Crippen LogP contribution in [-0.2, 0) is 6.18 Å². The predicted molar refractivity (Wildman–Crippen MR) is 106 cm³/mol. The van der Waals surface area contributed by atoms with E-state index >= 15 is 0 Å². The van der Waals surface area contributed by atoms with Crippen LogP contribution < -0.4 is 10.6 Å². The zero-order valence-electron chi connectivity index (χ0n) is 16.5. The van der Waals surface area contributed by atoms with Gasteiger partial charge in [-0.25, -0.2) is 4.98 Å². The Morgan fingerprint density at radius 2 is 1.77 bits per heavy atom. The summed E-state index contributed by atoms with van der Waals surface area (Å²) >= 11 is 0. The number of nitrogens with zero attached hydrogens (tertiary/aromatic N) is 4. The molecule has 10 heteroatoms. The van der Waals surface area contributed by atoms with E-state index in [-0.39, 0.29) is 29.5 Å². The second-order valence-electron chi connectivity index (χ2n) is 7.67. The smallest absolute Gasteiger partial charge is 0.391 e. The van der Waals surface area contributed by atoms with E-state index in [9.17, 15) is 18.3 Å². The lowest BCUT2D eigenvalue weighted by atomic mass is 9.93. The number of aromatic nitrogens is 4. The summed E-state index contributed by atoms with van der Waals surface area (Å²) in [5.41, 5.74) is 1.17. The Morgan fingerprint density at radius 1 is 1.03 bits per heavy atom. The zero-order chi connectivity index (χ0) is 21.3. The summed E-state index contributed by atoms with van der Waals surface area (Å²) in [7, 11) is 0. The van der Waals surface area contributed by atoms with Gasteiger partial charge < -0.3 is 15.7 Å². The molecular formula is C20H23F3N6O. The minimum absolute atomic E-state index is 0.000698. The summed E-state index contributed by atoms with van der Waals surface area (Å²) in [4.78, 5) is 16.6. The molecule has 2 aromatic rings. The van der Waals surface area contributed by atoms with Gasteiger partial charge in [0.25, 0.3) is 0 Å². The van der Waals surface area contributed by atoms with E-state index in [1.165, 1.54) is 17.7 Å². The highest BCUT2D eigenvalue weighted by molar-refractivity contribution is 5.55. The average Bonchev–Trinajstić information content (AvgIpc) is 3.54. The highest BCUT2D eigenvalue weighted by Gasteiger charge is 2.33. The molecule has 7 nitrogen and oxygen atoms in total. The lowest BCUT2D eigenvalue weighted by Crippen LogP contribution is -2.37. The summed E-state index contributed by atoms with van der Waals surface area (Å²) in [6, 6.07) is 3.39. The fraction of sp³-hybridized carbons (Fsp3) is 0.500. The SMILES string of the molecule is CC(Nc1nc(N[C@H]2CCCC[C@@H]2O)nc(-c2cccc(C(F)(F)F)n2)n1)=C1CC1. The quantitative estimate of drug-likeness (QED) is 0.669. The van der Waals surface area contributed by atoms with Crippen molar-refractivity contribution in [3.05, 3.63) is 35.2 Å². The van der Waals surface area contributed by atoms with Crippen molar-refractivity contribution in [2.75, 3.05) is 10.6 Å². The maximum absolute atomic E-state index is 13.1. The van der Waals surface area contributed by atoms with Gasteiger partial charge in [0.15, 0.2) is 5.82 Å². The Bertz CT molecular complexity index is 956. The summed E-state index contributed by atoms with van der Waals surface area (Å²) in [6.07, 6.45) is 0.281. The molecule has 4 rings (SSSR count). The van der Waals surface area contributed by atoms with Gasteiger partial charge in [0, 0.05) is 5.70 Å². The third-order valence-corrected chi connectivity index (χ3v) is 5.28. The van der Waals surface area contributed by atoms with Crippen LogP contribution in [0.1, 0.15) is 51.1 Å². The van der Waals surface area contributed by atoms with Crippen LogP contribution in [0.25, 0.3) is 11.5 Å². The summed E-state index contributed by atoms with van der Waals surface area (Å²) in [5.74, 6) is 0.449. The molecule has 0 aliphatic heterocycles. The molecule has 2 saturated carbocycles. The number of halogens is 3. The molecular weight excluding hydrogens is 397 g/mol. The Labute approximate surface area is 171 Å². The number of pyridine rings is 1. The lowest BCUT2D eigenvalue weighted by molar-refractivity contribution is -0.141. The number of hydrogen-bond acceptors (Lipinski definition) is 7. The van der Waals surface area contributed by atoms with Crippen LogP contribution in [0.15, 0.2) is 29.5 Å².